The minimum atomic E-state index is 0.193. The van der Waals surface area contributed by atoms with Gasteiger partial charge in [-0.05, 0) is 35.3 Å². The van der Waals surface area contributed by atoms with Crippen molar-refractivity contribution in [3.8, 4) is 5.88 Å². The first-order valence-corrected chi connectivity index (χ1v) is 7.96. The number of rotatable bonds is 4. The number of aromatic nitrogens is 1. The molecule has 0 amide bonds. The highest BCUT2D eigenvalue weighted by molar-refractivity contribution is 7.73. The highest BCUT2D eigenvalue weighted by Gasteiger charge is 2.06. The maximum absolute atomic E-state index is 9.73. The van der Waals surface area contributed by atoms with Crippen LogP contribution in [0.4, 0.5) is 0 Å². The molecule has 4 heteroatoms. The largest absolute Gasteiger partial charge is 0.494 e. The Labute approximate surface area is 132 Å². The van der Waals surface area contributed by atoms with Gasteiger partial charge in [-0.15, -0.1) is 11.3 Å². The van der Waals surface area contributed by atoms with E-state index in [0.29, 0.717) is 10.4 Å². The molecule has 0 bridgehead atoms. The van der Waals surface area contributed by atoms with E-state index in [1.807, 2.05) is 6.07 Å². The number of benzene rings is 2. The number of nitrogens with one attached hydrogen (secondary N) is 1. The van der Waals surface area contributed by atoms with Crippen LogP contribution in [0.5, 0.6) is 5.88 Å². The van der Waals surface area contributed by atoms with E-state index in [0.717, 1.165) is 11.3 Å². The van der Waals surface area contributed by atoms with Gasteiger partial charge in [0, 0.05) is 6.42 Å². The molecule has 0 spiro atoms. The summed E-state index contributed by atoms with van der Waals surface area (Å²) in [4.78, 5) is 3.65. The fourth-order valence-corrected chi connectivity index (χ4v) is 3.42. The molecule has 0 fully saturated rings. The van der Waals surface area contributed by atoms with Gasteiger partial charge in [0.05, 0.1) is 4.88 Å². The third kappa shape index (κ3) is 3.60. The summed E-state index contributed by atoms with van der Waals surface area (Å²) in [6.45, 7) is 0. The Hall–Kier alpha value is -1.91. The van der Waals surface area contributed by atoms with Gasteiger partial charge >= 0.3 is 0 Å². The number of hydrogen-bond acceptors (Lipinski definition) is 3. The molecule has 2 N–H and O–H groups in total. The van der Waals surface area contributed by atoms with Gasteiger partial charge < -0.3 is 10.1 Å². The van der Waals surface area contributed by atoms with Crippen molar-refractivity contribution in [1.82, 2.24) is 4.98 Å². The second kappa shape index (κ2) is 6.24. The second-order valence-electron chi connectivity index (χ2n) is 4.94. The third-order valence-corrected chi connectivity index (χ3v) is 4.56. The van der Waals surface area contributed by atoms with E-state index in [1.165, 1.54) is 28.0 Å². The number of aromatic hydroxyl groups is 1. The molecular weight excluding hydrogens is 298 g/mol. The van der Waals surface area contributed by atoms with Crippen molar-refractivity contribution < 1.29 is 5.11 Å². The number of thiazole rings is 1. The van der Waals surface area contributed by atoms with E-state index in [9.17, 15) is 5.11 Å². The summed E-state index contributed by atoms with van der Waals surface area (Å²) in [6, 6.07) is 18.9. The molecule has 2 nitrogen and oxygen atoms in total. The predicted molar refractivity (Wildman–Crippen MR) is 89.7 cm³/mol. The lowest BCUT2D eigenvalue weighted by atomic mass is 10.0. The predicted octanol–water partition coefficient (Wildman–Crippen LogP) is 4.69. The Morgan fingerprint density at radius 3 is 2.00 bits per heavy atom. The summed E-state index contributed by atoms with van der Waals surface area (Å²) >= 11 is 6.46. The average molecular weight is 313 g/mol. The Bertz CT molecular complexity index is 773. The molecule has 3 aromatic rings. The fraction of sp³-hybridized carbons (Fsp3) is 0.118. The van der Waals surface area contributed by atoms with Crippen LogP contribution in [0.25, 0.3) is 0 Å². The van der Waals surface area contributed by atoms with E-state index in [2.05, 4.69) is 53.5 Å². The van der Waals surface area contributed by atoms with Gasteiger partial charge in [-0.2, -0.15) is 0 Å². The molecule has 21 heavy (non-hydrogen) atoms. The molecule has 0 aliphatic carbocycles. The van der Waals surface area contributed by atoms with Gasteiger partial charge in [-0.1, -0.05) is 54.6 Å². The van der Waals surface area contributed by atoms with E-state index < -0.39 is 0 Å². The third-order valence-electron chi connectivity index (χ3n) is 3.34. The lowest BCUT2D eigenvalue weighted by Gasteiger charge is -2.04. The van der Waals surface area contributed by atoms with Gasteiger partial charge in [0.2, 0.25) is 5.88 Å². The summed E-state index contributed by atoms with van der Waals surface area (Å²) in [5.74, 6) is 0.193. The van der Waals surface area contributed by atoms with E-state index >= 15 is 0 Å². The van der Waals surface area contributed by atoms with Gasteiger partial charge in [-0.25, -0.2) is 0 Å². The summed E-state index contributed by atoms with van der Waals surface area (Å²) in [7, 11) is 0. The van der Waals surface area contributed by atoms with E-state index in [1.54, 1.807) is 0 Å². The van der Waals surface area contributed by atoms with Crippen molar-refractivity contribution in [2.24, 2.45) is 0 Å². The fourth-order valence-electron chi connectivity index (χ4n) is 2.26. The molecule has 0 unspecified atom stereocenters. The van der Waals surface area contributed by atoms with Crippen molar-refractivity contribution in [1.29, 1.82) is 0 Å². The zero-order chi connectivity index (χ0) is 14.7. The molecule has 0 saturated heterocycles. The topological polar surface area (TPSA) is 36.0 Å². The van der Waals surface area contributed by atoms with Gasteiger partial charge in [-0.3, -0.25) is 0 Å². The Morgan fingerprint density at radius 1 is 0.857 bits per heavy atom. The number of H-pyrrole nitrogens is 1. The summed E-state index contributed by atoms with van der Waals surface area (Å²) in [5, 5.41) is 9.73. The monoisotopic (exact) mass is 313 g/mol. The molecule has 1 heterocycles. The SMILES string of the molecule is Oc1[nH]c(=S)sc1Cc1ccc(Cc2ccccc2)cc1. The van der Waals surface area contributed by atoms with Crippen LogP contribution in [0.2, 0.25) is 0 Å². The lowest BCUT2D eigenvalue weighted by Crippen LogP contribution is -1.90. The van der Waals surface area contributed by atoms with Crippen LogP contribution in [0.15, 0.2) is 54.6 Å². The molecule has 0 atom stereocenters. The smallest absolute Gasteiger partial charge is 0.203 e. The van der Waals surface area contributed by atoms with Gasteiger partial charge in [0.1, 0.15) is 0 Å². The first-order chi connectivity index (χ1) is 10.2. The molecule has 0 aliphatic rings. The molecular formula is C17H15NOS2. The zero-order valence-corrected chi connectivity index (χ0v) is 13.0. The van der Waals surface area contributed by atoms with Gasteiger partial charge in [0.25, 0.3) is 0 Å². The minimum Gasteiger partial charge on any atom is -0.494 e. The van der Waals surface area contributed by atoms with Crippen molar-refractivity contribution >= 4 is 23.6 Å². The van der Waals surface area contributed by atoms with Crippen molar-refractivity contribution in [3.05, 3.63) is 80.1 Å². The van der Waals surface area contributed by atoms with Crippen LogP contribution >= 0.6 is 23.6 Å². The molecule has 0 radical (unpaired) electrons. The van der Waals surface area contributed by atoms with Gasteiger partial charge in [0.15, 0.2) is 3.95 Å². The summed E-state index contributed by atoms with van der Waals surface area (Å²) < 4.78 is 0.614. The standard InChI is InChI=1S/C17H15NOS2/c19-16-15(21-17(20)18-16)11-14-8-6-13(7-9-14)10-12-4-2-1-3-5-12/h1-9,19H,10-11H2,(H,18,20). The second-order valence-corrected chi connectivity index (χ2v) is 6.71. The number of hydrogen-bond donors (Lipinski definition) is 2. The van der Waals surface area contributed by atoms with Crippen LogP contribution < -0.4 is 0 Å². The van der Waals surface area contributed by atoms with E-state index in [-0.39, 0.29) is 5.88 Å². The quantitative estimate of drug-likeness (QED) is 0.685. The zero-order valence-electron chi connectivity index (χ0n) is 11.4. The Morgan fingerprint density at radius 2 is 1.43 bits per heavy atom. The first kappa shape index (κ1) is 14.0. The highest BCUT2D eigenvalue weighted by Crippen LogP contribution is 2.24. The maximum Gasteiger partial charge on any atom is 0.203 e. The van der Waals surface area contributed by atoms with Crippen LogP contribution in [0.1, 0.15) is 21.6 Å². The van der Waals surface area contributed by atoms with Crippen LogP contribution in [0, 0.1) is 3.95 Å². The molecule has 1 aromatic heterocycles. The molecule has 0 saturated carbocycles. The molecule has 106 valence electrons. The van der Waals surface area contributed by atoms with Crippen LogP contribution in [-0.2, 0) is 12.8 Å². The average Bonchev–Trinajstić information content (AvgIpc) is 2.80. The first-order valence-electron chi connectivity index (χ1n) is 6.73. The van der Waals surface area contributed by atoms with Crippen molar-refractivity contribution in [3.63, 3.8) is 0 Å². The highest BCUT2D eigenvalue weighted by atomic mass is 32.1. The van der Waals surface area contributed by atoms with Crippen molar-refractivity contribution in [2.45, 2.75) is 12.8 Å². The summed E-state index contributed by atoms with van der Waals surface area (Å²) in [5.41, 5.74) is 3.77. The minimum absolute atomic E-state index is 0.193. The van der Waals surface area contributed by atoms with E-state index in [4.69, 9.17) is 12.2 Å². The maximum atomic E-state index is 9.73. The van der Waals surface area contributed by atoms with Crippen LogP contribution in [0.3, 0.4) is 0 Å². The Kier molecular flexibility index (Phi) is 4.18. The Balaban J connectivity index is 1.72. The molecule has 2 aromatic carbocycles. The normalized spacial score (nSPS) is 10.7. The molecule has 0 aliphatic heterocycles. The van der Waals surface area contributed by atoms with Crippen molar-refractivity contribution in [2.75, 3.05) is 0 Å². The number of aromatic amines is 1. The summed E-state index contributed by atoms with van der Waals surface area (Å²) in [6.07, 6.45) is 1.64. The lowest BCUT2D eigenvalue weighted by molar-refractivity contribution is 0.452. The van der Waals surface area contributed by atoms with Crippen LogP contribution in [-0.4, -0.2) is 10.1 Å². The molecule has 3 rings (SSSR count).